The van der Waals surface area contributed by atoms with E-state index in [1.54, 1.807) is 6.20 Å². The van der Waals surface area contributed by atoms with E-state index in [1.165, 1.54) is 0 Å². The molecule has 1 unspecified atom stereocenters. The van der Waals surface area contributed by atoms with E-state index in [1.807, 2.05) is 16.8 Å². The largest absolute Gasteiger partial charge is 0.396 e. The Hall–Kier alpha value is -2.74. The van der Waals surface area contributed by atoms with Crippen molar-refractivity contribution in [2.45, 2.75) is 37.6 Å². The van der Waals surface area contributed by atoms with E-state index in [9.17, 15) is 14.7 Å². The van der Waals surface area contributed by atoms with Crippen molar-refractivity contribution in [2.24, 2.45) is 5.92 Å². The first kappa shape index (κ1) is 15.5. The standard InChI is InChI=1S/C18H18N4O4/c23-8-9-5-10(6-9)22-13-2-3-14-16(12(13)7-19-22)17(21-26-14)11-1-4-15(24)20-18(11)25/h2-3,7,9-11,23H,1,4-6,8H2,(H,20,24,25). The minimum Gasteiger partial charge on any atom is -0.396 e. The van der Waals surface area contributed by atoms with Crippen LogP contribution in [0, 0.1) is 5.92 Å². The summed E-state index contributed by atoms with van der Waals surface area (Å²) in [5, 5.41) is 22.0. The molecule has 2 N–H and O–H groups in total. The lowest BCUT2D eigenvalue weighted by atomic mass is 9.81. The molecule has 1 atom stereocenters. The van der Waals surface area contributed by atoms with Crippen molar-refractivity contribution in [3.8, 4) is 0 Å². The van der Waals surface area contributed by atoms with E-state index in [4.69, 9.17) is 4.52 Å². The summed E-state index contributed by atoms with van der Waals surface area (Å²) in [5.74, 6) is -0.728. The van der Waals surface area contributed by atoms with Gasteiger partial charge in [-0.15, -0.1) is 0 Å². The third-order valence-electron chi connectivity index (χ3n) is 5.62. The van der Waals surface area contributed by atoms with Gasteiger partial charge in [-0.05, 0) is 37.3 Å². The molecule has 134 valence electrons. The molecule has 1 aliphatic heterocycles. The molecule has 0 radical (unpaired) electrons. The number of fused-ring (bicyclic) bond motifs is 3. The lowest BCUT2D eigenvalue weighted by Crippen LogP contribution is -2.39. The number of carbonyl (C=O) groups excluding carboxylic acids is 2. The molecule has 3 heterocycles. The predicted molar refractivity (Wildman–Crippen MR) is 91.3 cm³/mol. The van der Waals surface area contributed by atoms with E-state index >= 15 is 0 Å². The summed E-state index contributed by atoms with van der Waals surface area (Å²) in [5.41, 5.74) is 2.14. The van der Waals surface area contributed by atoms with Crippen LogP contribution in [0.3, 0.4) is 0 Å². The summed E-state index contributed by atoms with van der Waals surface area (Å²) in [4.78, 5) is 23.7. The molecule has 8 heteroatoms. The van der Waals surface area contributed by atoms with E-state index in [0.717, 1.165) is 29.1 Å². The molecule has 0 bridgehead atoms. The maximum atomic E-state index is 12.3. The van der Waals surface area contributed by atoms with Gasteiger partial charge in [-0.3, -0.25) is 19.6 Å². The van der Waals surface area contributed by atoms with Gasteiger partial charge >= 0.3 is 0 Å². The first-order valence-electron chi connectivity index (χ1n) is 8.85. The van der Waals surface area contributed by atoms with Gasteiger partial charge in [0.1, 0.15) is 5.69 Å². The second-order valence-electron chi connectivity index (χ2n) is 7.21. The second-order valence-corrected chi connectivity index (χ2v) is 7.21. The van der Waals surface area contributed by atoms with Gasteiger partial charge < -0.3 is 9.63 Å². The van der Waals surface area contributed by atoms with Crippen LogP contribution >= 0.6 is 0 Å². The van der Waals surface area contributed by atoms with Gasteiger partial charge in [0.05, 0.1) is 29.1 Å². The molecule has 1 saturated heterocycles. The van der Waals surface area contributed by atoms with Crippen LogP contribution in [-0.4, -0.2) is 38.5 Å². The molecule has 3 aromatic rings. The van der Waals surface area contributed by atoms with Crippen molar-refractivity contribution in [1.82, 2.24) is 20.3 Å². The number of rotatable bonds is 3. The van der Waals surface area contributed by atoms with E-state index in [2.05, 4.69) is 15.6 Å². The minimum absolute atomic E-state index is 0.214. The van der Waals surface area contributed by atoms with E-state index < -0.39 is 5.92 Å². The number of amides is 2. The average molecular weight is 354 g/mol. The summed E-state index contributed by atoms with van der Waals surface area (Å²) in [6.45, 7) is 0.214. The van der Waals surface area contributed by atoms with Gasteiger partial charge in [-0.1, -0.05) is 5.16 Å². The van der Waals surface area contributed by atoms with Crippen LogP contribution in [0.25, 0.3) is 21.9 Å². The fraction of sp³-hybridized carbons (Fsp3) is 0.444. The van der Waals surface area contributed by atoms with Crippen LogP contribution in [0.2, 0.25) is 0 Å². The number of carbonyl (C=O) groups is 2. The number of benzene rings is 1. The van der Waals surface area contributed by atoms with Crippen LogP contribution in [0.1, 0.15) is 43.3 Å². The minimum atomic E-state index is -0.495. The molecule has 8 nitrogen and oxygen atoms in total. The maximum absolute atomic E-state index is 12.3. The van der Waals surface area contributed by atoms with Gasteiger partial charge in [-0.25, -0.2) is 0 Å². The quantitative estimate of drug-likeness (QED) is 0.692. The summed E-state index contributed by atoms with van der Waals surface area (Å²) >= 11 is 0. The highest BCUT2D eigenvalue weighted by Gasteiger charge is 2.34. The maximum Gasteiger partial charge on any atom is 0.235 e. The van der Waals surface area contributed by atoms with Crippen LogP contribution in [0.4, 0.5) is 0 Å². The molecule has 1 aliphatic carbocycles. The Kier molecular flexibility index (Phi) is 3.36. The normalized spacial score (nSPS) is 26.3. The molecule has 0 spiro atoms. The number of aliphatic hydroxyl groups is 1. The number of hydrogen-bond acceptors (Lipinski definition) is 6. The number of piperidine rings is 1. The highest BCUT2D eigenvalue weighted by atomic mass is 16.5. The fourth-order valence-corrected chi connectivity index (χ4v) is 4.12. The molecule has 1 aromatic carbocycles. The molecule has 2 aliphatic rings. The van der Waals surface area contributed by atoms with Gasteiger partial charge in [0, 0.05) is 18.4 Å². The highest BCUT2D eigenvalue weighted by Crippen LogP contribution is 2.41. The predicted octanol–water partition coefficient (Wildman–Crippen LogP) is 1.64. The molecular formula is C18H18N4O4. The SMILES string of the molecule is O=C1CCC(c2noc3ccc4c(cnn4C4CC(CO)C4)c23)C(=O)N1. The van der Waals surface area contributed by atoms with Crippen molar-refractivity contribution in [3.05, 3.63) is 24.0 Å². The Morgan fingerprint density at radius 1 is 1.31 bits per heavy atom. The molecular weight excluding hydrogens is 336 g/mol. The summed E-state index contributed by atoms with van der Waals surface area (Å²) in [6, 6.07) is 4.08. The topological polar surface area (TPSA) is 110 Å². The van der Waals surface area contributed by atoms with Crippen molar-refractivity contribution < 1.29 is 19.2 Å². The zero-order chi connectivity index (χ0) is 17.8. The Labute approximate surface area is 148 Å². The monoisotopic (exact) mass is 354 g/mol. The highest BCUT2D eigenvalue weighted by molar-refractivity contribution is 6.09. The van der Waals surface area contributed by atoms with E-state index in [-0.39, 0.29) is 24.5 Å². The molecule has 2 amide bonds. The Balaban J connectivity index is 1.60. The molecule has 5 rings (SSSR count). The van der Waals surface area contributed by atoms with Crippen molar-refractivity contribution >= 4 is 33.7 Å². The van der Waals surface area contributed by atoms with Gasteiger partial charge in [0.25, 0.3) is 0 Å². The summed E-state index contributed by atoms with van der Waals surface area (Å²) < 4.78 is 7.43. The van der Waals surface area contributed by atoms with Crippen molar-refractivity contribution in [2.75, 3.05) is 6.61 Å². The molecule has 2 fully saturated rings. The van der Waals surface area contributed by atoms with Crippen molar-refractivity contribution in [1.29, 1.82) is 0 Å². The fourth-order valence-electron chi connectivity index (χ4n) is 4.12. The smallest absolute Gasteiger partial charge is 0.235 e. The Bertz CT molecular complexity index is 1030. The van der Waals surface area contributed by atoms with Crippen LogP contribution in [-0.2, 0) is 9.59 Å². The number of hydrogen-bond donors (Lipinski definition) is 2. The zero-order valence-electron chi connectivity index (χ0n) is 14.0. The first-order valence-corrected chi connectivity index (χ1v) is 8.85. The van der Waals surface area contributed by atoms with E-state index in [0.29, 0.717) is 30.0 Å². The lowest BCUT2D eigenvalue weighted by Gasteiger charge is -2.34. The molecule has 2 aromatic heterocycles. The second kappa shape index (κ2) is 5.63. The van der Waals surface area contributed by atoms with Crippen LogP contribution in [0.5, 0.6) is 0 Å². The Morgan fingerprint density at radius 2 is 2.15 bits per heavy atom. The Morgan fingerprint density at radius 3 is 2.92 bits per heavy atom. The zero-order valence-corrected chi connectivity index (χ0v) is 14.0. The van der Waals surface area contributed by atoms with Crippen molar-refractivity contribution in [3.63, 3.8) is 0 Å². The number of nitrogens with one attached hydrogen (secondary N) is 1. The van der Waals surface area contributed by atoms with Gasteiger partial charge in [0.2, 0.25) is 11.8 Å². The number of aliphatic hydroxyl groups excluding tert-OH is 1. The number of aromatic nitrogens is 3. The van der Waals surface area contributed by atoms with Gasteiger partial charge in [-0.2, -0.15) is 5.10 Å². The average Bonchev–Trinajstić information content (AvgIpc) is 3.18. The summed E-state index contributed by atoms with van der Waals surface area (Å²) in [7, 11) is 0. The first-order chi connectivity index (χ1) is 12.7. The molecule has 1 saturated carbocycles. The van der Waals surface area contributed by atoms with Crippen LogP contribution in [0.15, 0.2) is 22.9 Å². The molecule has 26 heavy (non-hydrogen) atoms. The van der Waals surface area contributed by atoms with Crippen LogP contribution < -0.4 is 5.32 Å². The lowest BCUT2D eigenvalue weighted by molar-refractivity contribution is -0.134. The summed E-state index contributed by atoms with van der Waals surface area (Å²) in [6.07, 6.45) is 4.34. The number of nitrogens with zero attached hydrogens (tertiary/aromatic N) is 3. The number of imide groups is 1. The third-order valence-corrected chi connectivity index (χ3v) is 5.62. The van der Waals surface area contributed by atoms with Gasteiger partial charge in [0.15, 0.2) is 5.58 Å². The third kappa shape index (κ3) is 2.18.